The molecular weight excluding hydrogens is 212 g/mol. The van der Waals surface area contributed by atoms with Crippen molar-refractivity contribution in [2.75, 3.05) is 33.0 Å². The van der Waals surface area contributed by atoms with Crippen LogP contribution >= 0.6 is 11.9 Å². The average molecular weight is 234 g/mol. The molecule has 0 saturated heterocycles. The number of ether oxygens (including phenoxy) is 1. The first-order valence-electron chi connectivity index (χ1n) is 5.32. The fourth-order valence-electron chi connectivity index (χ4n) is 0.993. The molecule has 0 fully saturated rings. The largest absolute Gasteiger partial charge is 0.466 e. The minimum atomic E-state index is -0.0999. The minimum absolute atomic E-state index is 0.0999. The SMILES string of the molecule is CN(C)SCCC(=O)OCCCCCN. The average Bonchev–Trinajstić information content (AvgIpc) is 2.17. The first kappa shape index (κ1) is 14.7. The van der Waals surface area contributed by atoms with E-state index < -0.39 is 0 Å². The molecule has 0 bridgehead atoms. The lowest BCUT2D eigenvalue weighted by Crippen LogP contribution is -2.09. The zero-order valence-electron chi connectivity index (χ0n) is 9.70. The van der Waals surface area contributed by atoms with E-state index in [0.29, 0.717) is 19.6 Å². The van der Waals surface area contributed by atoms with Crippen LogP contribution in [0, 0.1) is 0 Å². The van der Waals surface area contributed by atoms with Gasteiger partial charge in [0.1, 0.15) is 0 Å². The summed E-state index contributed by atoms with van der Waals surface area (Å²) in [5.41, 5.74) is 5.35. The van der Waals surface area contributed by atoms with Crippen LogP contribution in [0.15, 0.2) is 0 Å². The summed E-state index contributed by atoms with van der Waals surface area (Å²) in [5, 5.41) is 0. The maximum atomic E-state index is 11.2. The second-order valence-corrected chi connectivity index (χ2v) is 4.86. The molecule has 0 aliphatic heterocycles. The Morgan fingerprint density at radius 3 is 2.67 bits per heavy atom. The molecule has 15 heavy (non-hydrogen) atoms. The molecule has 0 aromatic carbocycles. The van der Waals surface area contributed by atoms with Crippen LogP contribution in [-0.2, 0) is 9.53 Å². The second kappa shape index (κ2) is 10.3. The van der Waals surface area contributed by atoms with E-state index >= 15 is 0 Å². The highest BCUT2D eigenvalue weighted by Gasteiger charge is 2.02. The highest BCUT2D eigenvalue weighted by molar-refractivity contribution is 7.96. The molecule has 0 spiro atoms. The summed E-state index contributed by atoms with van der Waals surface area (Å²) in [7, 11) is 3.92. The maximum Gasteiger partial charge on any atom is 0.306 e. The zero-order chi connectivity index (χ0) is 11.5. The van der Waals surface area contributed by atoms with E-state index in [0.717, 1.165) is 25.0 Å². The van der Waals surface area contributed by atoms with Crippen molar-refractivity contribution in [1.29, 1.82) is 0 Å². The third-order valence-electron chi connectivity index (χ3n) is 1.77. The van der Waals surface area contributed by atoms with Gasteiger partial charge in [0.15, 0.2) is 0 Å². The molecule has 0 rings (SSSR count). The van der Waals surface area contributed by atoms with Crippen molar-refractivity contribution < 1.29 is 9.53 Å². The lowest BCUT2D eigenvalue weighted by atomic mass is 10.2. The zero-order valence-corrected chi connectivity index (χ0v) is 10.5. The molecule has 0 aliphatic carbocycles. The van der Waals surface area contributed by atoms with Crippen molar-refractivity contribution in [2.45, 2.75) is 25.7 Å². The van der Waals surface area contributed by atoms with Crippen LogP contribution in [0.3, 0.4) is 0 Å². The molecule has 0 heterocycles. The van der Waals surface area contributed by atoms with Crippen molar-refractivity contribution >= 4 is 17.9 Å². The minimum Gasteiger partial charge on any atom is -0.466 e. The summed E-state index contributed by atoms with van der Waals surface area (Å²) in [6, 6.07) is 0. The maximum absolute atomic E-state index is 11.2. The molecule has 0 aliphatic rings. The number of nitrogens with two attached hydrogens (primary N) is 1. The van der Waals surface area contributed by atoms with E-state index in [9.17, 15) is 4.79 Å². The standard InChI is InChI=1S/C10H22N2O2S/c1-12(2)15-9-6-10(13)14-8-5-3-4-7-11/h3-9,11H2,1-2H3. The Bertz CT molecular complexity index is 166. The van der Waals surface area contributed by atoms with Crippen molar-refractivity contribution in [3.8, 4) is 0 Å². The van der Waals surface area contributed by atoms with Gasteiger partial charge in [-0.15, -0.1) is 0 Å². The fourth-order valence-corrected chi connectivity index (χ4v) is 1.62. The number of hydrogen-bond acceptors (Lipinski definition) is 5. The Kier molecular flexibility index (Phi) is 10.1. The number of nitrogens with zero attached hydrogens (tertiary/aromatic N) is 1. The van der Waals surface area contributed by atoms with E-state index in [1.807, 2.05) is 18.4 Å². The van der Waals surface area contributed by atoms with E-state index in [1.54, 1.807) is 11.9 Å². The fraction of sp³-hybridized carbons (Fsp3) is 0.900. The molecule has 4 nitrogen and oxygen atoms in total. The quantitative estimate of drug-likeness (QED) is 0.370. The van der Waals surface area contributed by atoms with Gasteiger partial charge in [-0.05, 0) is 39.9 Å². The molecule has 90 valence electrons. The van der Waals surface area contributed by atoms with Gasteiger partial charge in [-0.25, -0.2) is 0 Å². The first-order chi connectivity index (χ1) is 7.16. The van der Waals surface area contributed by atoms with Gasteiger partial charge >= 0.3 is 5.97 Å². The van der Waals surface area contributed by atoms with Gasteiger partial charge in [-0.3, -0.25) is 9.10 Å². The van der Waals surface area contributed by atoms with Crippen LogP contribution in [0.2, 0.25) is 0 Å². The Morgan fingerprint density at radius 2 is 2.07 bits per heavy atom. The summed E-state index contributed by atoms with van der Waals surface area (Å²) in [6.07, 6.45) is 3.45. The van der Waals surface area contributed by atoms with Gasteiger partial charge in [0, 0.05) is 5.75 Å². The number of rotatable bonds is 9. The van der Waals surface area contributed by atoms with Crippen LogP contribution in [0.25, 0.3) is 0 Å². The topological polar surface area (TPSA) is 55.6 Å². The van der Waals surface area contributed by atoms with E-state index in [2.05, 4.69) is 0 Å². The normalized spacial score (nSPS) is 10.7. The van der Waals surface area contributed by atoms with Crippen molar-refractivity contribution in [1.82, 2.24) is 4.31 Å². The van der Waals surface area contributed by atoms with Gasteiger partial charge in [-0.2, -0.15) is 0 Å². The Balaban J connectivity index is 3.19. The number of unbranched alkanes of at least 4 members (excludes halogenated alkanes) is 2. The molecule has 0 radical (unpaired) electrons. The van der Waals surface area contributed by atoms with E-state index in [1.165, 1.54) is 0 Å². The molecule has 2 N–H and O–H groups in total. The first-order valence-corrected chi connectivity index (χ1v) is 6.27. The highest BCUT2D eigenvalue weighted by atomic mass is 32.2. The van der Waals surface area contributed by atoms with Crippen LogP contribution in [0.1, 0.15) is 25.7 Å². The van der Waals surface area contributed by atoms with Crippen molar-refractivity contribution in [3.63, 3.8) is 0 Å². The van der Waals surface area contributed by atoms with Crippen LogP contribution in [0.5, 0.6) is 0 Å². The molecule has 0 amide bonds. The van der Waals surface area contributed by atoms with Crippen molar-refractivity contribution in [2.24, 2.45) is 5.73 Å². The van der Waals surface area contributed by atoms with Gasteiger partial charge in [0.05, 0.1) is 13.0 Å². The summed E-state index contributed by atoms with van der Waals surface area (Å²) >= 11 is 1.62. The van der Waals surface area contributed by atoms with E-state index in [-0.39, 0.29) is 5.97 Å². The monoisotopic (exact) mass is 234 g/mol. The summed E-state index contributed by atoms with van der Waals surface area (Å²) in [5.74, 6) is 0.686. The molecule has 5 heteroatoms. The van der Waals surface area contributed by atoms with Gasteiger partial charge in [-0.1, -0.05) is 11.9 Å². The van der Waals surface area contributed by atoms with E-state index in [4.69, 9.17) is 10.5 Å². The number of carbonyl (C=O) groups is 1. The lowest BCUT2D eigenvalue weighted by molar-refractivity contribution is -0.143. The molecule has 0 unspecified atom stereocenters. The predicted molar refractivity (Wildman–Crippen MR) is 64.6 cm³/mol. The van der Waals surface area contributed by atoms with Gasteiger partial charge < -0.3 is 10.5 Å². The van der Waals surface area contributed by atoms with Crippen LogP contribution < -0.4 is 5.73 Å². The van der Waals surface area contributed by atoms with Crippen LogP contribution in [0.4, 0.5) is 0 Å². The van der Waals surface area contributed by atoms with Crippen molar-refractivity contribution in [3.05, 3.63) is 0 Å². The summed E-state index contributed by atoms with van der Waals surface area (Å²) < 4.78 is 7.04. The number of carbonyl (C=O) groups excluding carboxylic acids is 1. The molecule has 0 aromatic rings. The predicted octanol–water partition coefficient (Wildman–Crippen LogP) is 1.26. The molecule has 0 saturated carbocycles. The Hall–Kier alpha value is -0.260. The molecular formula is C10H22N2O2S. The molecule has 0 atom stereocenters. The number of esters is 1. The summed E-state index contributed by atoms with van der Waals surface area (Å²) in [6.45, 7) is 1.25. The Labute approximate surface area is 96.7 Å². The highest BCUT2D eigenvalue weighted by Crippen LogP contribution is 2.05. The smallest absolute Gasteiger partial charge is 0.306 e. The second-order valence-electron chi connectivity index (χ2n) is 3.47. The van der Waals surface area contributed by atoms with Crippen LogP contribution in [-0.4, -0.2) is 43.3 Å². The van der Waals surface area contributed by atoms with Gasteiger partial charge in [0.2, 0.25) is 0 Å². The molecule has 0 aromatic heterocycles. The Morgan fingerprint density at radius 1 is 1.33 bits per heavy atom. The lowest BCUT2D eigenvalue weighted by Gasteiger charge is -2.08. The number of hydrogen-bond donors (Lipinski definition) is 1. The third kappa shape index (κ3) is 11.7. The summed E-state index contributed by atoms with van der Waals surface area (Å²) in [4.78, 5) is 11.2. The third-order valence-corrected chi connectivity index (χ3v) is 2.67. The van der Waals surface area contributed by atoms with Gasteiger partial charge in [0.25, 0.3) is 0 Å².